The van der Waals surface area contributed by atoms with Gasteiger partial charge in [-0.05, 0) is 49.9 Å². The fourth-order valence-electron chi connectivity index (χ4n) is 2.60. The van der Waals surface area contributed by atoms with Gasteiger partial charge >= 0.3 is 0 Å². The van der Waals surface area contributed by atoms with E-state index in [9.17, 15) is 0 Å². The number of hydrogen-bond acceptors (Lipinski definition) is 4. The van der Waals surface area contributed by atoms with Gasteiger partial charge in [0.15, 0.2) is 0 Å². The first-order valence-corrected chi connectivity index (χ1v) is 7.58. The molecule has 0 bridgehead atoms. The predicted molar refractivity (Wildman–Crippen MR) is 85.3 cm³/mol. The van der Waals surface area contributed by atoms with Gasteiger partial charge in [-0.15, -0.1) is 11.3 Å². The number of methoxy groups -OCH3 is 1. The molecule has 1 aromatic heterocycles. The van der Waals surface area contributed by atoms with Crippen LogP contribution in [0.4, 0.5) is 0 Å². The first kappa shape index (κ1) is 15.0. The van der Waals surface area contributed by atoms with E-state index in [1.54, 1.807) is 18.4 Å². The summed E-state index contributed by atoms with van der Waals surface area (Å²) >= 11 is 1.67. The summed E-state index contributed by atoms with van der Waals surface area (Å²) in [5.41, 5.74) is 8.25. The smallest absolute Gasteiger partial charge is 0.129 e. The third-order valence-electron chi connectivity index (χ3n) is 3.62. The zero-order valence-corrected chi connectivity index (χ0v) is 13.3. The molecular formula is C16H22N2OS. The van der Waals surface area contributed by atoms with Crippen molar-refractivity contribution < 1.29 is 4.74 Å². The van der Waals surface area contributed by atoms with Gasteiger partial charge in [0, 0.05) is 10.3 Å². The van der Waals surface area contributed by atoms with Crippen LogP contribution < -0.4 is 16.0 Å². The maximum absolute atomic E-state index is 5.75. The molecule has 0 amide bonds. The molecule has 1 unspecified atom stereocenters. The van der Waals surface area contributed by atoms with E-state index < -0.39 is 0 Å². The Kier molecular flexibility index (Phi) is 4.81. The van der Waals surface area contributed by atoms with E-state index in [4.69, 9.17) is 10.6 Å². The highest BCUT2D eigenvalue weighted by Gasteiger charge is 2.16. The lowest BCUT2D eigenvalue weighted by molar-refractivity contribution is 0.415. The molecule has 108 valence electrons. The van der Waals surface area contributed by atoms with E-state index in [-0.39, 0.29) is 6.04 Å². The Hall–Kier alpha value is -1.36. The summed E-state index contributed by atoms with van der Waals surface area (Å²) in [6.45, 7) is 6.46. The van der Waals surface area contributed by atoms with Crippen LogP contribution in [0.1, 0.15) is 33.2 Å². The highest BCUT2D eigenvalue weighted by Crippen LogP contribution is 2.30. The molecule has 1 heterocycles. The standard InChI is InChI=1S/C16H22N2OS/c1-10-5-11(2)14(12(3)6-10)8-15(18-17)16-7-13(19-4)9-20-16/h5-7,9,15,18H,8,17H2,1-4H3. The second-order valence-corrected chi connectivity index (χ2v) is 6.13. The minimum absolute atomic E-state index is 0.115. The van der Waals surface area contributed by atoms with Crippen molar-refractivity contribution in [3.05, 3.63) is 50.7 Å². The van der Waals surface area contributed by atoms with Crippen LogP contribution in [0.3, 0.4) is 0 Å². The van der Waals surface area contributed by atoms with Crippen LogP contribution in [0.5, 0.6) is 5.75 Å². The lowest BCUT2D eigenvalue weighted by Crippen LogP contribution is -2.29. The maximum Gasteiger partial charge on any atom is 0.129 e. The van der Waals surface area contributed by atoms with Gasteiger partial charge < -0.3 is 4.74 Å². The van der Waals surface area contributed by atoms with E-state index in [0.717, 1.165) is 12.2 Å². The summed E-state index contributed by atoms with van der Waals surface area (Å²) in [4.78, 5) is 1.20. The molecule has 20 heavy (non-hydrogen) atoms. The van der Waals surface area contributed by atoms with Crippen molar-refractivity contribution in [2.75, 3.05) is 7.11 Å². The Morgan fingerprint density at radius 1 is 1.20 bits per heavy atom. The van der Waals surface area contributed by atoms with Gasteiger partial charge in [0.25, 0.3) is 0 Å². The summed E-state index contributed by atoms with van der Waals surface area (Å²) < 4.78 is 5.24. The van der Waals surface area contributed by atoms with Crippen LogP contribution in [0.25, 0.3) is 0 Å². The summed E-state index contributed by atoms with van der Waals surface area (Å²) in [5.74, 6) is 6.64. The van der Waals surface area contributed by atoms with Crippen molar-refractivity contribution in [3.8, 4) is 5.75 Å². The number of ether oxygens (including phenoxy) is 1. The number of nitrogens with one attached hydrogen (secondary N) is 1. The summed E-state index contributed by atoms with van der Waals surface area (Å²) in [7, 11) is 1.69. The third kappa shape index (κ3) is 3.20. The third-order valence-corrected chi connectivity index (χ3v) is 4.65. The van der Waals surface area contributed by atoms with E-state index >= 15 is 0 Å². The number of nitrogens with two attached hydrogens (primary N) is 1. The molecule has 1 aromatic carbocycles. The van der Waals surface area contributed by atoms with Gasteiger partial charge in [-0.1, -0.05) is 17.7 Å². The van der Waals surface area contributed by atoms with E-state index in [1.807, 2.05) is 11.4 Å². The Balaban J connectivity index is 2.26. The van der Waals surface area contributed by atoms with Crippen molar-refractivity contribution in [1.82, 2.24) is 5.43 Å². The summed E-state index contributed by atoms with van der Waals surface area (Å²) in [6, 6.07) is 6.62. The molecular weight excluding hydrogens is 268 g/mol. The maximum atomic E-state index is 5.75. The van der Waals surface area contributed by atoms with Gasteiger partial charge in [0.2, 0.25) is 0 Å². The molecule has 0 aliphatic heterocycles. The number of rotatable bonds is 5. The monoisotopic (exact) mass is 290 g/mol. The SMILES string of the molecule is COc1csc(C(Cc2c(C)cc(C)cc2C)NN)c1. The van der Waals surface area contributed by atoms with Gasteiger partial charge in [-0.3, -0.25) is 11.3 Å². The number of aryl methyl sites for hydroxylation is 3. The fraction of sp³-hybridized carbons (Fsp3) is 0.375. The minimum atomic E-state index is 0.115. The van der Waals surface area contributed by atoms with Crippen LogP contribution in [-0.4, -0.2) is 7.11 Å². The first-order chi connectivity index (χ1) is 9.55. The average molecular weight is 290 g/mol. The Morgan fingerprint density at radius 2 is 1.85 bits per heavy atom. The lowest BCUT2D eigenvalue weighted by Gasteiger charge is -2.18. The highest BCUT2D eigenvalue weighted by atomic mass is 32.1. The molecule has 3 nitrogen and oxygen atoms in total. The Labute approximate surface area is 124 Å². The van der Waals surface area contributed by atoms with Crippen molar-refractivity contribution in [2.24, 2.45) is 5.84 Å². The normalized spacial score (nSPS) is 12.4. The summed E-state index contributed by atoms with van der Waals surface area (Å²) in [5, 5.41) is 2.01. The molecule has 0 saturated carbocycles. The molecule has 0 aliphatic carbocycles. The first-order valence-electron chi connectivity index (χ1n) is 6.70. The molecule has 0 radical (unpaired) electrons. The van der Waals surface area contributed by atoms with Crippen molar-refractivity contribution in [3.63, 3.8) is 0 Å². The molecule has 0 saturated heterocycles. The Bertz CT molecular complexity index is 569. The molecule has 0 aliphatic rings. The quantitative estimate of drug-likeness (QED) is 0.655. The number of benzene rings is 1. The topological polar surface area (TPSA) is 47.3 Å². The van der Waals surface area contributed by atoms with E-state index in [2.05, 4.69) is 38.3 Å². The van der Waals surface area contributed by atoms with Gasteiger partial charge in [-0.25, -0.2) is 0 Å². The van der Waals surface area contributed by atoms with E-state index in [0.29, 0.717) is 0 Å². The molecule has 2 rings (SSSR count). The van der Waals surface area contributed by atoms with Crippen LogP contribution in [-0.2, 0) is 6.42 Å². The van der Waals surface area contributed by atoms with Crippen LogP contribution >= 0.6 is 11.3 Å². The second kappa shape index (κ2) is 6.39. The van der Waals surface area contributed by atoms with Gasteiger partial charge in [0.05, 0.1) is 13.2 Å². The zero-order chi connectivity index (χ0) is 14.7. The van der Waals surface area contributed by atoms with E-state index in [1.165, 1.54) is 27.1 Å². The molecule has 2 aromatic rings. The van der Waals surface area contributed by atoms with Gasteiger partial charge in [-0.2, -0.15) is 0 Å². The average Bonchev–Trinajstić information content (AvgIpc) is 2.86. The number of hydrogen-bond donors (Lipinski definition) is 2. The fourth-order valence-corrected chi connectivity index (χ4v) is 3.52. The molecule has 1 atom stereocenters. The number of thiophene rings is 1. The largest absolute Gasteiger partial charge is 0.496 e. The zero-order valence-electron chi connectivity index (χ0n) is 12.5. The van der Waals surface area contributed by atoms with Crippen molar-refractivity contribution >= 4 is 11.3 Å². The molecule has 0 fully saturated rings. The minimum Gasteiger partial charge on any atom is -0.496 e. The lowest BCUT2D eigenvalue weighted by atomic mass is 9.94. The predicted octanol–water partition coefficient (Wildman–Crippen LogP) is 3.43. The van der Waals surface area contributed by atoms with Crippen LogP contribution in [0, 0.1) is 20.8 Å². The van der Waals surface area contributed by atoms with Crippen LogP contribution in [0.2, 0.25) is 0 Å². The highest BCUT2D eigenvalue weighted by molar-refractivity contribution is 7.10. The number of hydrazine groups is 1. The molecule has 3 N–H and O–H groups in total. The molecule has 0 spiro atoms. The second-order valence-electron chi connectivity index (χ2n) is 5.19. The Morgan fingerprint density at radius 3 is 2.35 bits per heavy atom. The molecule has 4 heteroatoms. The summed E-state index contributed by atoms with van der Waals surface area (Å²) in [6.07, 6.45) is 0.887. The van der Waals surface area contributed by atoms with Crippen LogP contribution in [0.15, 0.2) is 23.6 Å². The van der Waals surface area contributed by atoms with Crippen molar-refractivity contribution in [2.45, 2.75) is 33.2 Å². The van der Waals surface area contributed by atoms with Gasteiger partial charge in [0.1, 0.15) is 5.75 Å². The van der Waals surface area contributed by atoms with Crippen molar-refractivity contribution in [1.29, 1.82) is 0 Å².